The summed E-state index contributed by atoms with van der Waals surface area (Å²) in [5.41, 5.74) is 6.44. The number of primary amides is 1. The minimum Gasteiger partial charge on any atom is -0.452 e. The van der Waals surface area contributed by atoms with Gasteiger partial charge in [-0.05, 0) is 44.2 Å². The quantitative estimate of drug-likeness (QED) is 0.820. The fraction of sp³-hybridized carbons (Fsp3) is 0.188. The summed E-state index contributed by atoms with van der Waals surface area (Å²) >= 11 is 1.50. The van der Waals surface area contributed by atoms with E-state index < -0.39 is 17.8 Å². The first kappa shape index (κ1) is 16.7. The van der Waals surface area contributed by atoms with Crippen LogP contribution < -0.4 is 11.1 Å². The predicted molar refractivity (Wildman–Crippen MR) is 87.7 cm³/mol. The Balaban J connectivity index is 1.88. The second-order valence-corrected chi connectivity index (χ2v) is 6.35. The molecule has 2 aromatic rings. The summed E-state index contributed by atoms with van der Waals surface area (Å²) in [5, 5.41) is 2.57. The van der Waals surface area contributed by atoms with Crippen LogP contribution in [0.3, 0.4) is 0 Å². The van der Waals surface area contributed by atoms with Crippen molar-refractivity contribution in [1.82, 2.24) is 0 Å². The van der Waals surface area contributed by atoms with E-state index in [0.29, 0.717) is 16.8 Å². The van der Waals surface area contributed by atoms with Gasteiger partial charge in [-0.25, -0.2) is 4.79 Å². The second kappa shape index (κ2) is 7.06. The van der Waals surface area contributed by atoms with Crippen LogP contribution in [0.2, 0.25) is 0 Å². The summed E-state index contributed by atoms with van der Waals surface area (Å²) in [4.78, 5) is 36.5. The summed E-state index contributed by atoms with van der Waals surface area (Å²) in [5.74, 6) is -1.53. The van der Waals surface area contributed by atoms with E-state index in [4.69, 9.17) is 10.5 Å². The molecule has 23 heavy (non-hydrogen) atoms. The Morgan fingerprint density at radius 2 is 1.83 bits per heavy atom. The molecule has 0 atom stereocenters. The average molecular weight is 332 g/mol. The molecule has 0 radical (unpaired) electrons. The lowest BCUT2D eigenvalue weighted by Gasteiger charge is -2.07. The third kappa shape index (κ3) is 4.40. The van der Waals surface area contributed by atoms with Gasteiger partial charge in [-0.15, -0.1) is 11.3 Å². The smallest absolute Gasteiger partial charge is 0.339 e. The van der Waals surface area contributed by atoms with Gasteiger partial charge in [0.15, 0.2) is 6.61 Å². The van der Waals surface area contributed by atoms with Crippen LogP contribution in [0.15, 0.2) is 30.3 Å². The molecule has 1 aromatic heterocycles. The number of benzene rings is 1. The minimum absolute atomic E-state index is 0.345. The Kier molecular flexibility index (Phi) is 5.13. The van der Waals surface area contributed by atoms with Crippen LogP contribution in [-0.4, -0.2) is 24.4 Å². The number of ether oxygens (including phenoxy) is 1. The number of rotatable bonds is 5. The van der Waals surface area contributed by atoms with Crippen LogP contribution in [0, 0.1) is 13.8 Å². The number of hydrogen-bond donors (Lipinski definition) is 2. The monoisotopic (exact) mass is 332 g/mol. The molecule has 1 heterocycles. The summed E-state index contributed by atoms with van der Waals surface area (Å²) in [6.45, 7) is 3.34. The number of esters is 1. The molecule has 0 aliphatic carbocycles. The SMILES string of the molecule is Cc1cc(C(=O)OCC(=O)Nc2ccc(C(N)=O)cc2)c(C)s1. The van der Waals surface area contributed by atoms with Crippen molar-refractivity contribution in [2.24, 2.45) is 5.73 Å². The highest BCUT2D eigenvalue weighted by molar-refractivity contribution is 7.12. The van der Waals surface area contributed by atoms with Crippen LogP contribution in [0.1, 0.15) is 30.5 Å². The number of nitrogens with two attached hydrogens (primary N) is 1. The molecule has 0 unspecified atom stereocenters. The maximum absolute atomic E-state index is 11.9. The molecule has 6 nitrogen and oxygen atoms in total. The number of aryl methyl sites for hydroxylation is 2. The van der Waals surface area contributed by atoms with Crippen molar-refractivity contribution in [2.45, 2.75) is 13.8 Å². The summed E-state index contributed by atoms with van der Waals surface area (Å²) < 4.78 is 5.00. The third-order valence-electron chi connectivity index (χ3n) is 3.05. The van der Waals surface area contributed by atoms with E-state index in [1.165, 1.54) is 23.5 Å². The van der Waals surface area contributed by atoms with Crippen molar-refractivity contribution >= 4 is 34.8 Å². The summed E-state index contributed by atoms with van der Waals surface area (Å²) in [6, 6.07) is 7.84. The maximum atomic E-state index is 11.9. The zero-order chi connectivity index (χ0) is 17.0. The molecule has 2 rings (SSSR count). The first-order valence-corrected chi connectivity index (χ1v) is 7.62. The Morgan fingerprint density at radius 1 is 1.17 bits per heavy atom. The van der Waals surface area contributed by atoms with Crippen LogP contribution in [-0.2, 0) is 9.53 Å². The van der Waals surface area contributed by atoms with Crippen LogP contribution in [0.5, 0.6) is 0 Å². The first-order chi connectivity index (χ1) is 10.9. The van der Waals surface area contributed by atoms with Gasteiger partial charge >= 0.3 is 5.97 Å². The highest BCUT2D eigenvalue weighted by atomic mass is 32.1. The van der Waals surface area contributed by atoms with E-state index in [1.807, 2.05) is 13.8 Å². The fourth-order valence-corrected chi connectivity index (χ4v) is 2.87. The number of carbonyl (C=O) groups excluding carboxylic acids is 3. The molecule has 1 aromatic carbocycles. The van der Waals surface area contributed by atoms with Crippen molar-refractivity contribution in [3.8, 4) is 0 Å². The van der Waals surface area contributed by atoms with E-state index in [2.05, 4.69) is 5.32 Å². The lowest BCUT2D eigenvalue weighted by Crippen LogP contribution is -2.21. The molecule has 0 spiro atoms. The Bertz CT molecular complexity index is 750. The minimum atomic E-state index is -0.543. The van der Waals surface area contributed by atoms with Gasteiger partial charge in [0, 0.05) is 21.0 Å². The van der Waals surface area contributed by atoms with E-state index in [1.54, 1.807) is 18.2 Å². The number of anilines is 1. The lowest BCUT2D eigenvalue weighted by atomic mass is 10.2. The molecule has 0 bridgehead atoms. The normalized spacial score (nSPS) is 10.2. The van der Waals surface area contributed by atoms with Gasteiger partial charge in [0.25, 0.3) is 5.91 Å². The molecule has 2 amide bonds. The number of amides is 2. The molecule has 0 fully saturated rings. The molecule has 0 aliphatic rings. The van der Waals surface area contributed by atoms with Crippen LogP contribution in [0.25, 0.3) is 0 Å². The summed E-state index contributed by atoms with van der Waals surface area (Å²) in [6.07, 6.45) is 0. The highest BCUT2D eigenvalue weighted by Crippen LogP contribution is 2.21. The second-order valence-electron chi connectivity index (χ2n) is 4.89. The molecular formula is C16H16N2O4S. The standard InChI is InChI=1S/C16H16N2O4S/c1-9-7-13(10(2)23-9)16(21)22-8-14(19)18-12-5-3-11(4-6-12)15(17)20/h3-7H,8H2,1-2H3,(H2,17,20)(H,18,19). The van der Waals surface area contributed by atoms with E-state index in [0.717, 1.165) is 9.75 Å². The molecule has 120 valence electrons. The summed E-state index contributed by atoms with van der Waals surface area (Å²) in [7, 11) is 0. The van der Waals surface area contributed by atoms with Gasteiger partial charge < -0.3 is 15.8 Å². The van der Waals surface area contributed by atoms with E-state index >= 15 is 0 Å². The fourth-order valence-electron chi connectivity index (χ4n) is 1.96. The van der Waals surface area contributed by atoms with E-state index in [-0.39, 0.29) is 6.61 Å². The largest absolute Gasteiger partial charge is 0.452 e. The van der Waals surface area contributed by atoms with Gasteiger partial charge in [0.05, 0.1) is 5.56 Å². The zero-order valence-corrected chi connectivity index (χ0v) is 13.5. The van der Waals surface area contributed by atoms with Gasteiger partial charge in [-0.2, -0.15) is 0 Å². The topological polar surface area (TPSA) is 98.5 Å². The number of nitrogens with one attached hydrogen (secondary N) is 1. The van der Waals surface area contributed by atoms with Crippen molar-refractivity contribution in [2.75, 3.05) is 11.9 Å². The molecule has 0 saturated heterocycles. The molecular weight excluding hydrogens is 316 g/mol. The van der Waals surface area contributed by atoms with Crippen molar-refractivity contribution < 1.29 is 19.1 Å². The highest BCUT2D eigenvalue weighted by Gasteiger charge is 2.15. The molecule has 7 heteroatoms. The van der Waals surface area contributed by atoms with Crippen molar-refractivity contribution in [3.63, 3.8) is 0 Å². The van der Waals surface area contributed by atoms with Crippen molar-refractivity contribution in [3.05, 3.63) is 51.2 Å². The Labute approximate surface area is 137 Å². The number of hydrogen-bond acceptors (Lipinski definition) is 5. The molecule has 0 saturated carbocycles. The molecule has 3 N–H and O–H groups in total. The van der Waals surface area contributed by atoms with Crippen LogP contribution in [0.4, 0.5) is 5.69 Å². The Morgan fingerprint density at radius 3 is 2.35 bits per heavy atom. The van der Waals surface area contributed by atoms with E-state index in [9.17, 15) is 14.4 Å². The lowest BCUT2D eigenvalue weighted by molar-refractivity contribution is -0.119. The number of thiophene rings is 1. The van der Waals surface area contributed by atoms with Gasteiger partial charge in [-0.3, -0.25) is 9.59 Å². The first-order valence-electron chi connectivity index (χ1n) is 6.80. The maximum Gasteiger partial charge on any atom is 0.339 e. The van der Waals surface area contributed by atoms with Gasteiger partial charge in [-0.1, -0.05) is 0 Å². The Hall–Kier alpha value is -2.67. The number of carbonyl (C=O) groups is 3. The van der Waals surface area contributed by atoms with Gasteiger partial charge in [0.2, 0.25) is 5.91 Å². The van der Waals surface area contributed by atoms with Crippen molar-refractivity contribution in [1.29, 1.82) is 0 Å². The van der Waals surface area contributed by atoms with Crippen LogP contribution >= 0.6 is 11.3 Å². The molecule has 0 aliphatic heterocycles. The predicted octanol–water partition coefficient (Wildman–Crippen LogP) is 2.26. The average Bonchev–Trinajstić information content (AvgIpc) is 2.84. The third-order valence-corrected chi connectivity index (χ3v) is 4.01. The zero-order valence-electron chi connectivity index (χ0n) is 12.7. The van der Waals surface area contributed by atoms with Gasteiger partial charge in [0.1, 0.15) is 0 Å².